The van der Waals surface area contributed by atoms with E-state index in [2.05, 4.69) is 4.98 Å². The predicted octanol–water partition coefficient (Wildman–Crippen LogP) is 5.48. The fraction of sp³-hybridized carbons (Fsp3) is 0.160. The second-order valence-electron chi connectivity index (χ2n) is 7.65. The first-order valence-electron chi connectivity index (χ1n) is 9.80. The lowest BCUT2D eigenvalue weighted by atomic mass is 9.67. The van der Waals surface area contributed by atoms with E-state index in [1.807, 2.05) is 44.2 Å². The van der Waals surface area contributed by atoms with Crippen molar-refractivity contribution >= 4 is 34.3 Å². The van der Waals surface area contributed by atoms with Crippen molar-refractivity contribution < 1.29 is 19.4 Å². The number of oxazole rings is 1. The molecule has 3 aromatic carbocycles. The Hall–Kier alpha value is -3.51. The molecule has 5 nitrogen and oxygen atoms in total. The van der Waals surface area contributed by atoms with Gasteiger partial charge in [0.2, 0.25) is 5.89 Å². The number of carboxylic acid groups (broad SMARTS) is 1. The number of thiocarbonyl (C=S) groups is 1. The minimum Gasteiger partial charge on any atom is -0.501 e. The average molecular weight is 432 g/mol. The van der Waals surface area contributed by atoms with Crippen LogP contribution in [0.1, 0.15) is 34.1 Å². The Morgan fingerprint density at radius 1 is 0.935 bits per heavy atom. The van der Waals surface area contributed by atoms with Crippen LogP contribution in [-0.4, -0.2) is 26.2 Å². The highest BCUT2D eigenvalue weighted by Crippen LogP contribution is 2.46. The standard InChI is InChI=1S/C25H21NO4S/c1-15-7-11-17(12-8-15)21(22(27)28)25(24(29)31,18-13-9-16(2)10-14-18)23-26-19-5-3-4-6-20(19)30-23/h3-14,21H,1-2H3,(H,27,28)(H,29,31). The summed E-state index contributed by atoms with van der Waals surface area (Å²) in [7, 11) is 0. The number of hydrogen-bond donors (Lipinski definition) is 2. The van der Waals surface area contributed by atoms with Crippen LogP contribution in [0.3, 0.4) is 0 Å². The van der Waals surface area contributed by atoms with E-state index in [1.165, 1.54) is 0 Å². The van der Waals surface area contributed by atoms with Crippen LogP contribution in [0.15, 0.2) is 77.2 Å². The molecule has 4 rings (SSSR count). The van der Waals surface area contributed by atoms with Crippen LogP contribution in [0.25, 0.3) is 11.1 Å². The maximum Gasteiger partial charge on any atom is 0.312 e. The number of carboxylic acids is 1. The summed E-state index contributed by atoms with van der Waals surface area (Å²) in [5, 5.41) is 20.8. The van der Waals surface area contributed by atoms with Gasteiger partial charge >= 0.3 is 5.97 Å². The number of aliphatic hydroxyl groups excluding tert-OH is 1. The summed E-state index contributed by atoms with van der Waals surface area (Å²) in [4.78, 5) is 17.3. The summed E-state index contributed by atoms with van der Waals surface area (Å²) in [6.07, 6.45) is 0. The number of carbonyl (C=O) groups is 1. The number of rotatable bonds is 6. The zero-order valence-corrected chi connectivity index (χ0v) is 17.9. The molecule has 0 radical (unpaired) electrons. The summed E-state index contributed by atoms with van der Waals surface area (Å²) < 4.78 is 6.03. The molecule has 0 aliphatic heterocycles. The van der Waals surface area contributed by atoms with Gasteiger partial charge in [-0.15, -0.1) is 0 Å². The maximum atomic E-state index is 12.7. The average Bonchev–Trinajstić information content (AvgIpc) is 3.17. The summed E-state index contributed by atoms with van der Waals surface area (Å²) in [6.45, 7) is 3.85. The highest BCUT2D eigenvalue weighted by Gasteiger charge is 2.54. The summed E-state index contributed by atoms with van der Waals surface area (Å²) in [5.41, 5.74) is 2.28. The maximum absolute atomic E-state index is 12.7. The molecule has 6 heteroatoms. The van der Waals surface area contributed by atoms with Gasteiger partial charge in [-0.05, 0) is 49.3 Å². The first kappa shape index (κ1) is 20.8. The van der Waals surface area contributed by atoms with E-state index >= 15 is 0 Å². The van der Waals surface area contributed by atoms with Crippen LogP contribution in [-0.2, 0) is 10.2 Å². The first-order valence-corrected chi connectivity index (χ1v) is 10.2. The third-order valence-corrected chi connectivity index (χ3v) is 5.89. The molecule has 156 valence electrons. The lowest BCUT2D eigenvalue weighted by molar-refractivity contribution is -0.140. The normalized spacial score (nSPS) is 14.1. The topological polar surface area (TPSA) is 83.6 Å². The van der Waals surface area contributed by atoms with Gasteiger partial charge in [0.15, 0.2) is 16.0 Å². The zero-order chi connectivity index (χ0) is 22.2. The molecule has 1 heterocycles. The highest BCUT2D eigenvalue weighted by molar-refractivity contribution is 7.80. The van der Waals surface area contributed by atoms with E-state index in [9.17, 15) is 15.0 Å². The van der Waals surface area contributed by atoms with Gasteiger partial charge in [-0.2, -0.15) is 0 Å². The van der Waals surface area contributed by atoms with Gasteiger partial charge in [-0.1, -0.05) is 71.8 Å². The molecule has 0 saturated heterocycles. The number of para-hydroxylation sites is 2. The van der Waals surface area contributed by atoms with Gasteiger partial charge in [0, 0.05) is 0 Å². The second kappa shape index (κ2) is 7.96. The number of nitrogens with zero attached hydrogens (tertiary/aromatic N) is 1. The monoisotopic (exact) mass is 431 g/mol. The third-order valence-electron chi connectivity index (χ3n) is 5.57. The number of aliphatic hydroxyl groups is 1. The van der Waals surface area contributed by atoms with Gasteiger partial charge < -0.3 is 14.6 Å². The second-order valence-corrected chi connectivity index (χ2v) is 8.03. The van der Waals surface area contributed by atoms with Crippen molar-refractivity contribution in [3.63, 3.8) is 0 Å². The number of hydrogen-bond acceptors (Lipinski definition) is 4. The fourth-order valence-electron chi connectivity index (χ4n) is 3.95. The summed E-state index contributed by atoms with van der Waals surface area (Å²) >= 11 is 5.34. The van der Waals surface area contributed by atoms with Crippen molar-refractivity contribution in [2.75, 3.05) is 0 Å². The van der Waals surface area contributed by atoms with Crippen molar-refractivity contribution in [1.82, 2.24) is 4.98 Å². The number of aryl methyl sites for hydroxylation is 2. The molecule has 0 aliphatic rings. The Morgan fingerprint density at radius 2 is 1.52 bits per heavy atom. The third kappa shape index (κ3) is 3.49. The van der Waals surface area contributed by atoms with Gasteiger partial charge in [-0.3, -0.25) is 4.79 Å². The molecule has 2 unspecified atom stereocenters. The molecule has 0 aliphatic carbocycles. The Labute approximate surface area is 185 Å². The smallest absolute Gasteiger partial charge is 0.312 e. The van der Waals surface area contributed by atoms with Crippen molar-refractivity contribution in [2.45, 2.75) is 25.2 Å². The van der Waals surface area contributed by atoms with E-state index in [4.69, 9.17) is 16.6 Å². The van der Waals surface area contributed by atoms with Crippen LogP contribution in [0, 0.1) is 13.8 Å². The highest BCUT2D eigenvalue weighted by atomic mass is 32.1. The molecule has 0 saturated carbocycles. The van der Waals surface area contributed by atoms with E-state index in [1.54, 1.807) is 42.5 Å². The Bertz CT molecular complexity index is 1230. The number of aliphatic carboxylic acids is 1. The minimum absolute atomic E-state index is 0.0398. The van der Waals surface area contributed by atoms with Crippen molar-refractivity contribution in [1.29, 1.82) is 0 Å². The molecule has 1 aromatic heterocycles. The quantitative estimate of drug-likeness (QED) is 0.393. The molecule has 2 N–H and O–H groups in total. The Kier molecular flexibility index (Phi) is 5.33. The van der Waals surface area contributed by atoms with Gasteiger partial charge in [0.05, 0.1) is 0 Å². The van der Waals surface area contributed by atoms with Crippen molar-refractivity contribution in [2.24, 2.45) is 0 Å². The summed E-state index contributed by atoms with van der Waals surface area (Å²) in [6, 6.07) is 21.5. The lowest BCUT2D eigenvalue weighted by Crippen LogP contribution is -2.45. The fourth-order valence-corrected chi connectivity index (χ4v) is 4.27. The van der Waals surface area contributed by atoms with Crippen LogP contribution >= 0.6 is 12.2 Å². The minimum atomic E-state index is -1.71. The van der Waals surface area contributed by atoms with Gasteiger partial charge in [0.25, 0.3) is 0 Å². The molecule has 0 bridgehead atoms. The Morgan fingerprint density at radius 3 is 2.06 bits per heavy atom. The van der Waals surface area contributed by atoms with Gasteiger partial charge in [-0.25, -0.2) is 4.98 Å². The van der Waals surface area contributed by atoms with E-state index in [0.717, 1.165) is 11.1 Å². The van der Waals surface area contributed by atoms with Crippen LogP contribution in [0.4, 0.5) is 0 Å². The van der Waals surface area contributed by atoms with E-state index in [-0.39, 0.29) is 5.89 Å². The van der Waals surface area contributed by atoms with Crippen molar-refractivity contribution in [3.8, 4) is 0 Å². The Balaban J connectivity index is 2.09. The van der Waals surface area contributed by atoms with Crippen LogP contribution in [0.2, 0.25) is 0 Å². The molecule has 0 amide bonds. The number of benzene rings is 3. The molecule has 4 aromatic rings. The SMILES string of the molecule is Cc1ccc(C(C(=O)O)C(C(O)=S)(c2ccc(C)cc2)c2nc3ccccc3o2)cc1. The predicted molar refractivity (Wildman–Crippen MR) is 123 cm³/mol. The summed E-state index contributed by atoms with van der Waals surface area (Å²) in [5.74, 6) is -2.37. The van der Waals surface area contributed by atoms with E-state index in [0.29, 0.717) is 22.2 Å². The molecule has 2 atom stereocenters. The zero-order valence-electron chi connectivity index (χ0n) is 17.1. The lowest BCUT2D eigenvalue weighted by Gasteiger charge is -2.35. The molecular weight excluding hydrogens is 410 g/mol. The van der Waals surface area contributed by atoms with E-state index < -0.39 is 22.4 Å². The van der Waals surface area contributed by atoms with Gasteiger partial charge in [0.1, 0.15) is 11.4 Å². The van der Waals surface area contributed by atoms with Crippen molar-refractivity contribution in [3.05, 3.63) is 101 Å². The molecule has 31 heavy (non-hydrogen) atoms. The molecule has 0 fully saturated rings. The largest absolute Gasteiger partial charge is 0.501 e. The number of aromatic nitrogens is 1. The van der Waals surface area contributed by atoms with Crippen LogP contribution < -0.4 is 0 Å². The molecular formula is C25H21NO4S. The molecule has 0 spiro atoms. The first-order chi connectivity index (χ1) is 14.8. The number of fused-ring (bicyclic) bond motifs is 1. The van der Waals surface area contributed by atoms with Crippen LogP contribution in [0.5, 0.6) is 0 Å².